The summed E-state index contributed by atoms with van der Waals surface area (Å²) in [6.07, 6.45) is 3.51. The van der Waals surface area contributed by atoms with E-state index in [0.717, 1.165) is 17.0 Å². The zero-order valence-corrected chi connectivity index (χ0v) is 12.8. The van der Waals surface area contributed by atoms with E-state index >= 15 is 0 Å². The van der Waals surface area contributed by atoms with Gasteiger partial charge in [-0.2, -0.15) is 0 Å². The van der Waals surface area contributed by atoms with E-state index in [2.05, 4.69) is 10.3 Å². The SMILES string of the molecule is CCOC(=O)[C@@H](C)Nc1ccc(OCc2cccnc2)cc1. The van der Waals surface area contributed by atoms with Crippen molar-refractivity contribution >= 4 is 11.7 Å². The third-order valence-corrected chi connectivity index (χ3v) is 3.01. The minimum atomic E-state index is -0.387. The molecule has 22 heavy (non-hydrogen) atoms. The van der Waals surface area contributed by atoms with Crippen LogP contribution in [0.5, 0.6) is 5.75 Å². The molecule has 5 nitrogen and oxygen atoms in total. The summed E-state index contributed by atoms with van der Waals surface area (Å²) >= 11 is 0. The molecule has 0 amide bonds. The van der Waals surface area contributed by atoms with Crippen molar-refractivity contribution in [2.75, 3.05) is 11.9 Å². The van der Waals surface area contributed by atoms with E-state index in [0.29, 0.717) is 13.2 Å². The van der Waals surface area contributed by atoms with Crippen LogP contribution in [0.15, 0.2) is 48.8 Å². The molecule has 5 heteroatoms. The Bertz CT molecular complexity index is 585. The molecule has 1 atom stereocenters. The second-order valence-corrected chi connectivity index (χ2v) is 4.79. The van der Waals surface area contributed by atoms with Gasteiger partial charge in [0.05, 0.1) is 6.61 Å². The number of carbonyl (C=O) groups is 1. The summed E-state index contributed by atoms with van der Waals surface area (Å²) in [5, 5.41) is 3.09. The third-order valence-electron chi connectivity index (χ3n) is 3.01. The average molecular weight is 300 g/mol. The largest absolute Gasteiger partial charge is 0.489 e. The van der Waals surface area contributed by atoms with Crippen LogP contribution in [0.4, 0.5) is 5.69 Å². The van der Waals surface area contributed by atoms with Crippen LogP contribution in [0, 0.1) is 0 Å². The quantitative estimate of drug-likeness (QED) is 0.796. The van der Waals surface area contributed by atoms with Crippen molar-refractivity contribution < 1.29 is 14.3 Å². The lowest BCUT2D eigenvalue weighted by Gasteiger charge is -2.14. The standard InChI is InChI=1S/C17H20N2O3/c1-3-21-17(20)13(2)19-15-6-8-16(9-7-15)22-12-14-5-4-10-18-11-14/h4-11,13,19H,3,12H2,1-2H3/t13-/m1/s1. The van der Waals surface area contributed by atoms with Crippen LogP contribution in [0.3, 0.4) is 0 Å². The van der Waals surface area contributed by atoms with E-state index in [1.807, 2.05) is 36.4 Å². The fourth-order valence-corrected chi connectivity index (χ4v) is 1.87. The Hall–Kier alpha value is -2.56. The number of rotatable bonds is 7. The third kappa shape index (κ3) is 4.77. The van der Waals surface area contributed by atoms with Crippen molar-refractivity contribution in [3.8, 4) is 5.75 Å². The molecule has 0 aliphatic carbocycles. The van der Waals surface area contributed by atoms with E-state index in [4.69, 9.17) is 9.47 Å². The number of ether oxygens (including phenoxy) is 2. The van der Waals surface area contributed by atoms with Crippen LogP contribution in [0.1, 0.15) is 19.4 Å². The Morgan fingerprint density at radius 2 is 2.05 bits per heavy atom. The fourth-order valence-electron chi connectivity index (χ4n) is 1.87. The average Bonchev–Trinajstić information content (AvgIpc) is 2.55. The molecule has 2 aromatic rings. The zero-order chi connectivity index (χ0) is 15.8. The van der Waals surface area contributed by atoms with Crippen LogP contribution >= 0.6 is 0 Å². The summed E-state index contributed by atoms with van der Waals surface area (Å²) in [7, 11) is 0. The van der Waals surface area contributed by atoms with E-state index < -0.39 is 0 Å². The molecule has 0 unspecified atom stereocenters. The molecule has 2 rings (SSSR count). The summed E-state index contributed by atoms with van der Waals surface area (Å²) in [4.78, 5) is 15.6. The molecule has 0 radical (unpaired) electrons. The first-order valence-corrected chi connectivity index (χ1v) is 7.24. The lowest BCUT2D eigenvalue weighted by atomic mass is 10.2. The number of benzene rings is 1. The van der Waals surface area contributed by atoms with Crippen molar-refractivity contribution in [3.63, 3.8) is 0 Å². The fraction of sp³-hybridized carbons (Fsp3) is 0.294. The number of nitrogens with zero attached hydrogens (tertiary/aromatic N) is 1. The van der Waals surface area contributed by atoms with E-state index in [-0.39, 0.29) is 12.0 Å². The molecule has 0 saturated heterocycles. The molecule has 116 valence electrons. The van der Waals surface area contributed by atoms with Gasteiger partial charge < -0.3 is 14.8 Å². The summed E-state index contributed by atoms with van der Waals surface area (Å²) in [6, 6.07) is 10.9. The minimum Gasteiger partial charge on any atom is -0.489 e. The van der Waals surface area contributed by atoms with Gasteiger partial charge in [0, 0.05) is 23.6 Å². The summed E-state index contributed by atoms with van der Waals surface area (Å²) in [5.74, 6) is 0.498. The van der Waals surface area contributed by atoms with E-state index in [9.17, 15) is 4.79 Å². The molecule has 0 spiro atoms. The number of esters is 1. The number of hydrogen-bond donors (Lipinski definition) is 1. The highest BCUT2D eigenvalue weighted by Crippen LogP contribution is 2.17. The first-order chi connectivity index (χ1) is 10.7. The number of aromatic nitrogens is 1. The molecule has 0 fully saturated rings. The van der Waals surface area contributed by atoms with Crippen LogP contribution in [-0.2, 0) is 16.1 Å². The van der Waals surface area contributed by atoms with Gasteiger partial charge in [0.15, 0.2) is 0 Å². The Kier molecular flexibility index (Phi) is 5.77. The van der Waals surface area contributed by atoms with Crippen molar-refractivity contribution in [2.24, 2.45) is 0 Å². The van der Waals surface area contributed by atoms with Gasteiger partial charge in [-0.25, -0.2) is 4.79 Å². The van der Waals surface area contributed by atoms with E-state index in [1.165, 1.54) is 0 Å². The Labute approximate surface area is 130 Å². The molecule has 0 aliphatic heterocycles. The Morgan fingerprint density at radius 3 is 2.68 bits per heavy atom. The maximum Gasteiger partial charge on any atom is 0.328 e. The molecule has 0 saturated carbocycles. The molecular weight excluding hydrogens is 280 g/mol. The van der Waals surface area contributed by atoms with Crippen LogP contribution in [0.2, 0.25) is 0 Å². The predicted octanol–water partition coefficient (Wildman–Crippen LogP) is 3.02. The second kappa shape index (κ2) is 8.02. The highest BCUT2D eigenvalue weighted by Gasteiger charge is 2.13. The van der Waals surface area contributed by atoms with Crippen LogP contribution in [-0.4, -0.2) is 23.6 Å². The lowest BCUT2D eigenvalue weighted by molar-refractivity contribution is -0.143. The minimum absolute atomic E-state index is 0.264. The molecule has 1 heterocycles. The van der Waals surface area contributed by atoms with Gasteiger partial charge in [-0.15, -0.1) is 0 Å². The number of hydrogen-bond acceptors (Lipinski definition) is 5. The maximum absolute atomic E-state index is 11.6. The van der Waals surface area contributed by atoms with Crippen molar-refractivity contribution in [2.45, 2.75) is 26.5 Å². The van der Waals surface area contributed by atoms with Gasteiger partial charge in [0.2, 0.25) is 0 Å². The lowest BCUT2D eigenvalue weighted by Crippen LogP contribution is -2.28. The maximum atomic E-state index is 11.6. The second-order valence-electron chi connectivity index (χ2n) is 4.79. The van der Waals surface area contributed by atoms with Gasteiger partial charge >= 0.3 is 5.97 Å². The summed E-state index contributed by atoms with van der Waals surface area (Å²) in [6.45, 7) is 4.41. The van der Waals surface area contributed by atoms with Gasteiger partial charge in [0.1, 0.15) is 18.4 Å². The topological polar surface area (TPSA) is 60.5 Å². The summed E-state index contributed by atoms with van der Waals surface area (Å²) < 4.78 is 10.6. The molecular formula is C17H20N2O3. The first-order valence-electron chi connectivity index (χ1n) is 7.24. The normalized spacial score (nSPS) is 11.5. The highest BCUT2D eigenvalue weighted by atomic mass is 16.5. The number of anilines is 1. The first kappa shape index (κ1) is 15.8. The monoisotopic (exact) mass is 300 g/mol. The number of nitrogens with one attached hydrogen (secondary N) is 1. The van der Waals surface area contributed by atoms with Crippen molar-refractivity contribution in [1.29, 1.82) is 0 Å². The smallest absolute Gasteiger partial charge is 0.328 e. The molecule has 0 bridgehead atoms. The molecule has 1 aromatic heterocycles. The van der Waals surface area contributed by atoms with Crippen molar-refractivity contribution in [3.05, 3.63) is 54.4 Å². The van der Waals surface area contributed by atoms with E-state index in [1.54, 1.807) is 26.2 Å². The Morgan fingerprint density at radius 1 is 1.27 bits per heavy atom. The summed E-state index contributed by atoms with van der Waals surface area (Å²) in [5.41, 5.74) is 1.86. The van der Waals surface area contributed by atoms with Crippen LogP contribution in [0.25, 0.3) is 0 Å². The highest BCUT2D eigenvalue weighted by molar-refractivity contribution is 5.78. The van der Waals surface area contributed by atoms with Gasteiger partial charge in [-0.3, -0.25) is 4.98 Å². The zero-order valence-electron chi connectivity index (χ0n) is 12.8. The molecule has 1 N–H and O–H groups in total. The molecule has 1 aromatic carbocycles. The van der Waals surface area contributed by atoms with Gasteiger partial charge in [0.25, 0.3) is 0 Å². The molecule has 0 aliphatic rings. The van der Waals surface area contributed by atoms with Crippen LogP contribution < -0.4 is 10.1 Å². The predicted molar refractivity (Wildman–Crippen MR) is 84.7 cm³/mol. The van der Waals surface area contributed by atoms with Gasteiger partial charge in [-0.1, -0.05) is 6.07 Å². The number of pyridine rings is 1. The van der Waals surface area contributed by atoms with Crippen molar-refractivity contribution in [1.82, 2.24) is 4.98 Å². The number of carbonyl (C=O) groups excluding carboxylic acids is 1. The Balaban J connectivity index is 1.86. The van der Waals surface area contributed by atoms with Gasteiger partial charge in [-0.05, 0) is 44.2 Å².